The Bertz CT molecular complexity index is 948. The number of ether oxygens (including phenoxy) is 1. The van der Waals surface area contributed by atoms with Crippen LogP contribution in [0.4, 0.5) is 0 Å². The molecule has 4 heterocycles. The molecule has 3 aromatic rings. The van der Waals surface area contributed by atoms with Gasteiger partial charge in [0.2, 0.25) is 5.82 Å². The summed E-state index contributed by atoms with van der Waals surface area (Å²) in [6.45, 7) is 5.25. The molecule has 0 spiro atoms. The van der Waals surface area contributed by atoms with E-state index >= 15 is 0 Å². The minimum absolute atomic E-state index is 0.0577. The summed E-state index contributed by atoms with van der Waals surface area (Å²) in [5.74, 6) is 1.52. The highest BCUT2D eigenvalue weighted by atomic mass is 79.9. The Balaban J connectivity index is 1.49. The lowest BCUT2D eigenvalue weighted by atomic mass is 10.1. The summed E-state index contributed by atoms with van der Waals surface area (Å²) in [5.41, 5.74) is 0.620. The van der Waals surface area contributed by atoms with Gasteiger partial charge in [0.15, 0.2) is 5.65 Å². The molecule has 1 aliphatic rings. The van der Waals surface area contributed by atoms with E-state index in [2.05, 4.69) is 36.2 Å². The second-order valence-electron chi connectivity index (χ2n) is 6.41. The first-order valence-corrected chi connectivity index (χ1v) is 9.58. The molecule has 1 fully saturated rings. The van der Waals surface area contributed by atoms with Gasteiger partial charge in [-0.15, -0.1) is 5.10 Å². The Hall–Kier alpha value is -2.23. The van der Waals surface area contributed by atoms with Crippen LogP contribution in [0, 0.1) is 6.92 Å². The van der Waals surface area contributed by atoms with Crippen molar-refractivity contribution < 1.29 is 13.9 Å². The van der Waals surface area contributed by atoms with Crippen LogP contribution in [-0.4, -0.2) is 58.3 Å². The van der Waals surface area contributed by atoms with Gasteiger partial charge < -0.3 is 14.5 Å². The number of furan rings is 1. The third kappa shape index (κ3) is 4.05. The summed E-state index contributed by atoms with van der Waals surface area (Å²) in [4.78, 5) is 19.1. The van der Waals surface area contributed by atoms with Crippen molar-refractivity contribution in [2.24, 2.45) is 0 Å². The number of rotatable bonds is 5. The minimum Gasteiger partial charge on any atom is -0.465 e. The maximum Gasteiger partial charge on any atom is 0.291 e. The number of aromatic nitrogens is 3. The quantitative estimate of drug-likeness (QED) is 0.663. The normalized spacial score (nSPS) is 16.5. The average Bonchev–Trinajstić information content (AvgIpc) is 3.28. The van der Waals surface area contributed by atoms with Gasteiger partial charge >= 0.3 is 0 Å². The molecule has 0 aliphatic carbocycles. The molecule has 142 valence electrons. The van der Waals surface area contributed by atoms with Crippen molar-refractivity contribution in [2.75, 3.05) is 32.8 Å². The zero-order chi connectivity index (χ0) is 18.8. The van der Waals surface area contributed by atoms with Gasteiger partial charge in [0.25, 0.3) is 5.91 Å². The predicted octanol–water partition coefficient (Wildman–Crippen LogP) is 2.20. The van der Waals surface area contributed by atoms with Crippen LogP contribution in [0.25, 0.3) is 5.65 Å². The van der Waals surface area contributed by atoms with Crippen molar-refractivity contribution in [3.63, 3.8) is 0 Å². The largest absolute Gasteiger partial charge is 0.465 e. The summed E-state index contributed by atoms with van der Waals surface area (Å²) in [6.07, 6.45) is 1.77. The summed E-state index contributed by atoms with van der Waals surface area (Å²) in [6, 6.07) is 7.50. The number of nitrogens with zero attached hydrogens (tertiary/aromatic N) is 4. The lowest BCUT2D eigenvalue weighted by molar-refractivity contribution is 0.0116. The van der Waals surface area contributed by atoms with Crippen LogP contribution in [0.1, 0.15) is 28.2 Å². The fraction of sp³-hybridized carbons (Fsp3) is 0.389. The minimum atomic E-state index is -0.309. The number of hydrogen-bond donors (Lipinski definition) is 1. The van der Waals surface area contributed by atoms with Gasteiger partial charge in [0, 0.05) is 30.3 Å². The molecule has 27 heavy (non-hydrogen) atoms. The number of aryl methyl sites for hydroxylation is 1. The van der Waals surface area contributed by atoms with E-state index in [1.165, 1.54) is 0 Å². The molecule has 1 atom stereocenters. The lowest BCUT2D eigenvalue weighted by Crippen LogP contribution is -2.43. The van der Waals surface area contributed by atoms with Crippen LogP contribution in [-0.2, 0) is 4.74 Å². The van der Waals surface area contributed by atoms with E-state index in [0.717, 1.165) is 29.1 Å². The Morgan fingerprint density at radius 2 is 2.11 bits per heavy atom. The number of pyridine rings is 1. The van der Waals surface area contributed by atoms with Gasteiger partial charge in [0.1, 0.15) is 11.5 Å². The van der Waals surface area contributed by atoms with E-state index < -0.39 is 0 Å². The van der Waals surface area contributed by atoms with Crippen molar-refractivity contribution in [1.82, 2.24) is 24.8 Å². The van der Waals surface area contributed by atoms with Crippen molar-refractivity contribution in [2.45, 2.75) is 13.0 Å². The monoisotopic (exact) mass is 433 g/mol. The number of carbonyl (C=O) groups is 1. The summed E-state index contributed by atoms with van der Waals surface area (Å²) < 4.78 is 13.7. The van der Waals surface area contributed by atoms with Gasteiger partial charge in [0.05, 0.1) is 19.3 Å². The number of morpholine rings is 1. The SMILES string of the molecule is Cc1ccc([C@H](CNC(=O)c2nc3ccc(Br)cn3n2)N2CCOCC2)o1. The van der Waals surface area contributed by atoms with Gasteiger partial charge in [-0.2, -0.15) is 0 Å². The van der Waals surface area contributed by atoms with Crippen LogP contribution in [0.15, 0.2) is 39.4 Å². The van der Waals surface area contributed by atoms with Gasteiger partial charge in [-0.1, -0.05) is 0 Å². The highest BCUT2D eigenvalue weighted by Crippen LogP contribution is 2.23. The van der Waals surface area contributed by atoms with Gasteiger partial charge in [-0.05, 0) is 47.1 Å². The number of nitrogens with one attached hydrogen (secondary N) is 1. The highest BCUT2D eigenvalue weighted by molar-refractivity contribution is 9.10. The van der Waals surface area contributed by atoms with E-state index in [0.29, 0.717) is 25.4 Å². The molecule has 0 unspecified atom stereocenters. The first-order valence-electron chi connectivity index (χ1n) is 8.78. The molecule has 0 saturated carbocycles. The third-order valence-corrected chi connectivity index (χ3v) is 5.00. The molecule has 1 amide bonds. The molecule has 1 N–H and O–H groups in total. The number of amides is 1. The molecule has 0 aromatic carbocycles. The second-order valence-corrected chi connectivity index (χ2v) is 7.32. The Kier molecular flexibility index (Phi) is 5.24. The van der Waals surface area contributed by atoms with Crippen molar-refractivity contribution in [3.8, 4) is 0 Å². The van der Waals surface area contributed by atoms with Crippen LogP contribution in [0.5, 0.6) is 0 Å². The third-order valence-electron chi connectivity index (χ3n) is 4.53. The van der Waals surface area contributed by atoms with Crippen LogP contribution >= 0.6 is 15.9 Å². The molecule has 1 saturated heterocycles. The molecular weight excluding hydrogens is 414 g/mol. The fourth-order valence-corrected chi connectivity index (χ4v) is 3.48. The first kappa shape index (κ1) is 18.1. The Morgan fingerprint density at radius 1 is 1.30 bits per heavy atom. The zero-order valence-electron chi connectivity index (χ0n) is 14.9. The molecular formula is C18H20BrN5O3. The lowest BCUT2D eigenvalue weighted by Gasteiger charge is -2.33. The molecule has 8 nitrogen and oxygen atoms in total. The Morgan fingerprint density at radius 3 is 2.85 bits per heavy atom. The molecule has 3 aromatic heterocycles. The zero-order valence-corrected chi connectivity index (χ0v) is 16.5. The topological polar surface area (TPSA) is 84.9 Å². The molecule has 9 heteroatoms. The standard InChI is InChI=1S/C18H20BrN5O3/c1-12-2-4-15(27-12)14(23-6-8-26-9-7-23)10-20-18(25)17-21-16-5-3-13(19)11-24(16)22-17/h2-5,11,14H,6-10H2,1H3,(H,20,25)/t14-/m0/s1. The molecule has 4 rings (SSSR count). The fourth-order valence-electron chi connectivity index (χ4n) is 3.15. The smallest absolute Gasteiger partial charge is 0.291 e. The van der Waals surface area contributed by atoms with E-state index in [4.69, 9.17) is 9.15 Å². The number of fused-ring (bicyclic) bond motifs is 1. The summed E-state index contributed by atoms with van der Waals surface area (Å²) in [7, 11) is 0. The van der Waals surface area contributed by atoms with Crippen LogP contribution < -0.4 is 5.32 Å². The highest BCUT2D eigenvalue weighted by Gasteiger charge is 2.26. The van der Waals surface area contributed by atoms with E-state index in [1.54, 1.807) is 16.8 Å². The number of carbonyl (C=O) groups excluding carboxylic acids is 1. The average molecular weight is 434 g/mol. The van der Waals surface area contributed by atoms with Crippen LogP contribution in [0.2, 0.25) is 0 Å². The van der Waals surface area contributed by atoms with E-state index in [1.807, 2.05) is 25.1 Å². The van der Waals surface area contributed by atoms with Crippen molar-refractivity contribution in [3.05, 3.63) is 52.3 Å². The maximum absolute atomic E-state index is 12.6. The number of halogens is 1. The molecule has 0 bridgehead atoms. The summed E-state index contributed by atoms with van der Waals surface area (Å²) in [5, 5.41) is 7.20. The maximum atomic E-state index is 12.6. The molecule has 0 radical (unpaired) electrons. The van der Waals surface area contributed by atoms with Crippen molar-refractivity contribution in [1.29, 1.82) is 0 Å². The predicted molar refractivity (Wildman–Crippen MR) is 102 cm³/mol. The summed E-state index contributed by atoms with van der Waals surface area (Å²) >= 11 is 3.39. The van der Waals surface area contributed by atoms with E-state index in [9.17, 15) is 4.79 Å². The van der Waals surface area contributed by atoms with Crippen LogP contribution in [0.3, 0.4) is 0 Å². The molecule has 1 aliphatic heterocycles. The number of hydrogen-bond acceptors (Lipinski definition) is 6. The van der Waals surface area contributed by atoms with Crippen molar-refractivity contribution >= 4 is 27.5 Å². The van der Waals surface area contributed by atoms with Gasteiger partial charge in [-0.3, -0.25) is 9.69 Å². The van der Waals surface area contributed by atoms with Gasteiger partial charge in [-0.25, -0.2) is 9.50 Å². The Labute approximate surface area is 164 Å². The second kappa shape index (κ2) is 7.79. The van der Waals surface area contributed by atoms with E-state index in [-0.39, 0.29) is 17.8 Å². The first-order chi connectivity index (χ1) is 13.1.